The fourth-order valence-corrected chi connectivity index (χ4v) is 1.80. The van der Waals surface area contributed by atoms with Crippen molar-refractivity contribution in [3.05, 3.63) is 36.0 Å². The summed E-state index contributed by atoms with van der Waals surface area (Å²) in [4.78, 5) is 0. The van der Waals surface area contributed by atoms with Gasteiger partial charge in [0.15, 0.2) is 0 Å². The smallest absolute Gasteiger partial charge is 0.229 e. The highest BCUT2D eigenvalue weighted by atomic mass is 19.1. The second kappa shape index (κ2) is 4.20. The number of hydrogen-bond acceptors (Lipinski definition) is 3. The van der Waals surface area contributed by atoms with Crippen LogP contribution in [0.25, 0.3) is 11.1 Å². The van der Waals surface area contributed by atoms with Gasteiger partial charge in [0, 0.05) is 6.42 Å². The van der Waals surface area contributed by atoms with Crippen LogP contribution in [0.15, 0.2) is 35.0 Å². The third kappa shape index (κ3) is 2.84. The van der Waals surface area contributed by atoms with Crippen molar-refractivity contribution in [1.29, 1.82) is 0 Å². The molecule has 17 heavy (non-hydrogen) atoms. The molecular weight excluding hydrogens is 219 g/mol. The number of aromatic nitrogens is 1. The second-order valence-electron chi connectivity index (χ2n) is 4.70. The molecular formula is C13H15FN2O. The number of alkyl halides is 1. The monoisotopic (exact) mass is 234 g/mol. The van der Waals surface area contributed by atoms with Gasteiger partial charge >= 0.3 is 0 Å². The van der Waals surface area contributed by atoms with Gasteiger partial charge in [-0.1, -0.05) is 29.4 Å². The van der Waals surface area contributed by atoms with Crippen LogP contribution in [0, 0.1) is 0 Å². The van der Waals surface area contributed by atoms with Crippen LogP contribution in [0.5, 0.6) is 0 Å². The highest BCUT2D eigenvalue weighted by Gasteiger charge is 2.17. The van der Waals surface area contributed by atoms with Crippen molar-refractivity contribution in [3.63, 3.8) is 0 Å². The van der Waals surface area contributed by atoms with Crippen LogP contribution in [0.1, 0.15) is 19.4 Å². The van der Waals surface area contributed by atoms with Crippen LogP contribution in [-0.2, 0) is 6.42 Å². The summed E-state index contributed by atoms with van der Waals surface area (Å²) < 4.78 is 18.4. The van der Waals surface area contributed by atoms with Crippen LogP contribution < -0.4 is 5.73 Å². The summed E-state index contributed by atoms with van der Waals surface area (Å²) in [5.74, 6) is 0.279. The molecule has 0 unspecified atom stereocenters. The van der Waals surface area contributed by atoms with Gasteiger partial charge in [0.05, 0.1) is 11.8 Å². The summed E-state index contributed by atoms with van der Waals surface area (Å²) in [7, 11) is 0. The first kappa shape index (κ1) is 11.6. The fraction of sp³-hybridized carbons (Fsp3) is 0.308. The van der Waals surface area contributed by atoms with Crippen LogP contribution in [0.3, 0.4) is 0 Å². The van der Waals surface area contributed by atoms with E-state index in [9.17, 15) is 4.39 Å². The van der Waals surface area contributed by atoms with Crippen LogP contribution in [0.4, 0.5) is 10.3 Å². The lowest BCUT2D eigenvalue weighted by molar-refractivity contribution is 0.217. The maximum atomic E-state index is 13.6. The van der Waals surface area contributed by atoms with Crippen molar-refractivity contribution in [2.24, 2.45) is 0 Å². The molecule has 90 valence electrons. The lowest BCUT2D eigenvalue weighted by Gasteiger charge is -2.14. The summed E-state index contributed by atoms with van der Waals surface area (Å²) in [6.07, 6.45) is 1.93. The summed E-state index contributed by atoms with van der Waals surface area (Å²) in [5, 5.41) is 3.63. The third-order valence-electron chi connectivity index (χ3n) is 2.46. The summed E-state index contributed by atoms with van der Waals surface area (Å²) in [6, 6.07) is 7.58. The molecule has 0 amide bonds. The SMILES string of the molecule is CC(C)(F)Cc1cccc(-c2cnoc2N)c1. The molecule has 0 aliphatic carbocycles. The molecule has 1 heterocycles. The lowest BCUT2D eigenvalue weighted by atomic mass is 9.97. The van der Waals surface area contributed by atoms with Gasteiger partial charge in [0.25, 0.3) is 0 Å². The Labute approximate surface area is 99.4 Å². The van der Waals surface area contributed by atoms with Gasteiger partial charge in [-0.3, -0.25) is 0 Å². The van der Waals surface area contributed by atoms with E-state index in [2.05, 4.69) is 5.16 Å². The van der Waals surface area contributed by atoms with E-state index in [-0.39, 0.29) is 5.88 Å². The summed E-state index contributed by atoms with van der Waals surface area (Å²) >= 11 is 0. The van der Waals surface area contributed by atoms with Gasteiger partial charge in [-0.15, -0.1) is 0 Å². The first-order valence-electron chi connectivity index (χ1n) is 5.44. The normalized spacial score (nSPS) is 11.7. The predicted molar refractivity (Wildman–Crippen MR) is 65.2 cm³/mol. The van der Waals surface area contributed by atoms with Crippen LogP contribution in [-0.4, -0.2) is 10.8 Å². The molecule has 1 aromatic carbocycles. The van der Waals surface area contributed by atoms with E-state index in [0.29, 0.717) is 6.42 Å². The Morgan fingerprint density at radius 3 is 2.76 bits per heavy atom. The Balaban J connectivity index is 2.32. The largest absolute Gasteiger partial charge is 0.367 e. The molecule has 0 aliphatic rings. The minimum absolute atomic E-state index is 0.279. The molecule has 0 atom stereocenters. The van der Waals surface area contributed by atoms with Crippen molar-refractivity contribution < 1.29 is 8.91 Å². The Hall–Kier alpha value is -1.84. The predicted octanol–water partition coefficient (Wildman–Crippen LogP) is 3.21. The fourth-order valence-electron chi connectivity index (χ4n) is 1.80. The number of anilines is 1. The molecule has 3 nitrogen and oxygen atoms in total. The lowest BCUT2D eigenvalue weighted by Crippen LogP contribution is -2.15. The van der Waals surface area contributed by atoms with Crippen molar-refractivity contribution in [2.75, 3.05) is 5.73 Å². The van der Waals surface area contributed by atoms with E-state index in [1.807, 2.05) is 24.3 Å². The molecule has 0 radical (unpaired) electrons. The summed E-state index contributed by atoms with van der Waals surface area (Å²) in [6.45, 7) is 3.13. The molecule has 4 heteroatoms. The number of benzene rings is 1. The average molecular weight is 234 g/mol. The standard InChI is InChI=1S/C13H15FN2O/c1-13(2,14)7-9-4-3-5-10(6-9)11-8-16-17-12(11)15/h3-6,8H,7,15H2,1-2H3. The second-order valence-corrected chi connectivity index (χ2v) is 4.70. The van der Waals surface area contributed by atoms with E-state index in [4.69, 9.17) is 10.3 Å². The van der Waals surface area contributed by atoms with Gasteiger partial charge < -0.3 is 10.3 Å². The Morgan fingerprint density at radius 1 is 1.41 bits per heavy atom. The molecule has 0 fully saturated rings. The molecule has 0 aliphatic heterocycles. The van der Waals surface area contributed by atoms with Gasteiger partial charge in [-0.2, -0.15) is 0 Å². The van der Waals surface area contributed by atoms with Gasteiger partial charge in [-0.25, -0.2) is 4.39 Å². The van der Waals surface area contributed by atoms with Gasteiger partial charge in [0.1, 0.15) is 5.67 Å². The van der Waals surface area contributed by atoms with Crippen LogP contribution in [0.2, 0.25) is 0 Å². The first-order valence-corrected chi connectivity index (χ1v) is 5.44. The van der Waals surface area contributed by atoms with Gasteiger partial charge in [0.2, 0.25) is 5.88 Å². The number of nitrogen functional groups attached to an aromatic ring is 1. The minimum Gasteiger partial charge on any atom is -0.367 e. The molecule has 2 rings (SSSR count). The number of rotatable bonds is 3. The van der Waals surface area contributed by atoms with E-state index >= 15 is 0 Å². The number of nitrogens with zero attached hydrogens (tertiary/aromatic N) is 1. The molecule has 2 aromatic rings. The minimum atomic E-state index is -1.22. The number of nitrogens with two attached hydrogens (primary N) is 1. The first-order chi connectivity index (χ1) is 7.96. The van der Waals surface area contributed by atoms with E-state index < -0.39 is 5.67 Å². The van der Waals surface area contributed by atoms with Crippen LogP contribution >= 0.6 is 0 Å². The van der Waals surface area contributed by atoms with E-state index in [1.165, 1.54) is 0 Å². The zero-order valence-electron chi connectivity index (χ0n) is 9.90. The maximum Gasteiger partial charge on any atom is 0.229 e. The third-order valence-corrected chi connectivity index (χ3v) is 2.46. The molecule has 0 spiro atoms. The topological polar surface area (TPSA) is 52.0 Å². The maximum absolute atomic E-state index is 13.6. The molecule has 2 N–H and O–H groups in total. The zero-order valence-corrected chi connectivity index (χ0v) is 9.90. The zero-order chi connectivity index (χ0) is 12.5. The quantitative estimate of drug-likeness (QED) is 0.887. The average Bonchev–Trinajstić information content (AvgIpc) is 2.62. The van der Waals surface area contributed by atoms with E-state index in [1.54, 1.807) is 20.0 Å². The Kier molecular flexibility index (Phi) is 2.88. The molecule has 1 aromatic heterocycles. The van der Waals surface area contributed by atoms with Crippen molar-refractivity contribution >= 4 is 5.88 Å². The van der Waals surface area contributed by atoms with Crippen molar-refractivity contribution in [1.82, 2.24) is 5.16 Å². The van der Waals surface area contributed by atoms with Gasteiger partial charge in [-0.05, 0) is 25.0 Å². The van der Waals surface area contributed by atoms with Crippen molar-refractivity contribution in [3.8, 4) is 11.1 Å². The van der Waals surface area contributed by atoms with Crippen molar-refractivity contribution in [2.45, 2.75) is 25.9 Å². The molecule has 0 saturated carbocycles. The highest BCUT2D eigenvalue weighted by Crippen LogP contribution is 2.27. The Bertz CT molecular complexity index is 514. The summed E-state index contributed by atoms with van der Waals surface area (Å²) in [5.41, 5.74) is 6.98. The molecule has 0 bridgehead atoms. The Morgan fingerprint density at radius 2 is 2.18 bits per heavy atom. The highest BCUT2D eigenvalue weighted by molar-refractivity contribution is 5.72. The molecule has 0 saturated heterocycles. The number of halogens is 1. The number of hydrogen-bond donors (Lipinski definition) is 1. The van der Waals surface area contributed by atoms with E-state index in [0.717, 1.165) is 16.7 Å².